The number of fused-ring (bicyclic) bond motifs is 3. The highest BCUT2D eigenvalue weighted by molar-refractivity contribution is 5.77. The first kappa shape index (κ1) is 21.1. The van der Waals surface area contributed by atoms with Crippen molar-refractivity contribution in [2.24, 2.45) is 7.05 Å². The SMILES string of the molecule is CCCCc1ccc(-n2c(C)c(C)n3c4c(=O)n(CCCO)c(=O)n(C)c4nc23)cc1. The molecule has 164 valence electrons. The molecule has 4 rings (SSSR count). The van der Waals surface area contributed by atoms with Crippen molar-refractivity contribution >= 4 is 16.9 Å². The van der Waals surface area contributed by atoms with Crippen molar-refractivity contribution in [1.29, 1.82) is 0 Å². The number of hydrogen-bond donors (Lipinski definition) is 1. The number of unbranched alkanes of at least 4 members (excludes halogenated alkanes) is 1. The third kappa shape index (κ3) is 3.31. The second-order valence-electron chi connectivity index (χ2n) is 8.07. The first-order chi connectivity index (χ1) is 14.9. The Morgan fingerprint density at radius 1 is 1.03 bits per heavy atom. The highest BCUT2D eigenvalue weighted by Gasteiger charge is 2.23. The Balaban J connectivity index is 1.97. The van der Waals surface area contributed by atoms with Crippen LogP contribution in [0.4, 0.5) is 0 Å². The lowest BCUT2D eigenvalue weighted by Gasteiger charge is -2.08. The molecular weight excluding hydrogens is 394 g/mol. The molecule has 0 saturated heterocycles. The molecule has 0 bridgehead atoms. The van der Waals surface area contributed by atoms with Gasteiger partial charge >= 0.3 is 5.69 Å². The Morgan fingerprint density at radius 2 is 1.74 bits per heavy atom. The molecule has 8 nitrogen and oxygen atoms in total. The van der Waals surface area contributed by atoms with Crippen LogP contribution in [-0.4, -0.2) is 34.8 Å². The third-order valence-corrected chi connectivity index (χ3v) is 6.07. The Labute approximate surface area is 180 Å². The van der Waals surface area contributed by atoms with Crippen molar-refractivity contribution in [3.8, 4) is 5.69 Å². The highest BCUT2D eigenvalue weighted by atomic mass is 16.3. The number of aromatic nitrogens is 5. The maximum Gasteiger partial charge on any atom is 0.332 e. The molecule has 0 aliphatic heterocycles. The van der Waals surface area contributed by atoms with Gasteiger partial charge in [-0.25, -0.2) is 4.79 Å². The van der Waals surface area contributed by atoms with Crippen LogP contribution in [0.15, 0.2) is 33.9 Å². The summed E-state index contributed by atoms with van der Waals surface area (Å²) in [6.07, 6.45) is 3.71. The minimum Gasteiger partial charge on any atom is -0.396 e. The van der Waals surface area contributed by atoms with Gasteiger partial charge in [0.25, 0.3) is 5.56 Å². The summed E-state index contributed by atoms with van der Waals surface area (Å²) in [6.45, 7) is 6.23. The van der Waals surface area contributed by atoms with Gasteiger partial charge in [-0.05, 0) is 50.8 Å². The van der Waals surface area contributed by atoms with Crippen molar-refractivity contribution in [2.45, 2.75) is 53.0 Å². The summed E-state index contributed by atoms with van der Waals surface area (Å²) < 4.78 is 6.46. The Bertz CT molecular complexity index is 1370. The zero-order valence-corrected chi connectivity index (χ0v) is 18.6. The minimum absolute atomic E-state index is 0.0851. The van der Waals surface area contributed by atoms with Gasteiger partial charge in [0.2, 0.25) is 5.78 Å². The van der Waals surface area contributed by atoms with Crippen LogP contribution < -0.4 is 11.2 Å². The number of nitrogens with zero attached hydrogens (tertiary/aromatic N) is 5. The molecule has 0 unspecified atom stereocenters. The van der Waals surface area contributed by atoms with Crippen LogP contribution in [0.3, 0.4) is 0 Å². The predicted octanol–water partition coefficient (Wildman–Crippen LogP) is 2.48. The second-order valence-corrected chi connectivity index (χ2v) is 8.07. The van der Waals surface area contributed by atoms with Gasteiger partial charge in [-0.1, -0.05) is 25.5 Å². The summed E-state index contributed by atoms with van der Waals surface area (Å²) in [4.78, 5) is 30.7. The summed E-state index contributed by atoms with van der Waals surface area (Å²) in [5.41, 5.74) is 4.10. The Hall–Kier alpha value is -3.13. The van der Waals surface area contributed by atoms with Crippen LogP contribution in [0.2, 0.25) is 0 Å². The molecule has 1 aromatic carbocycles. The fourth-order valence-electron chi connectivity index (χ4n) is 4.18. The number of hydrogen-bond acceptors (Lipinski definition) is 4. The van der Waals surface area contributed by atoms with E-state index in [1.807, 2.05) is 22.8 Å². The number of rotatable bonds is 7. The van der Waals surface area contributed by atoms with Gasteiger partial charge in [-0.2, -0.15) is 4.98 Å². The number of aryl methyl sites for hydroxylation is 3. The van der Waals surface area contributed by atoms with Crippen molar-refractivity contribution in [3.05, 3.63) is 62.1 Å². The summed E-state index contributed by atoms with van der Waals surface area (Å²) in [5.74, 6) is 0.610. The third-order valence-electron chi connectivity index (χ3n) is 6.07. The molecule has 0 aliphatic carbocycles. The molecule has 3 aromatic heterocycles. The molecule has 8 heteroatoms. The molecule has 0 amide bonds. The van der Waals surface area contributed by atoms with E-state index in [1.54, 1.807) is 7.05 Å². The quantitative estimate of drug-likeness (QED) is 0.495. The van der Waals surface area contributed by atoms with Crippen molar-refractivity contribution in [3.63, 3.8) is 0 Å². The fourth-order valence-corrected chi connectivity index (χ4v) is 4.18. The number of aliphatic hydroxyl groups excluding tert-OH is 1. The lowest BCUT2D eigenvalue weighted by atomic mass is 10.1. The first-order valence-electron chi connectivity index (χ1n) is 10.8. The van der Waals surface area contributed by atoms with Gasteiger partial charge in [0, 0.05) is 37.3 Å². The van der Waals surface area contributed by atoms with E-state index >= 15 is 0 Å². The largest absolute Gasteiger partial charge is 0.396 e. The Morgan fingerprint density at radius 3 is 2.39 bits per heavy atom. The van der Waals surface area contributed by atoms with Gasteiger partial charge in [0.15, 0.2) is 11.2 Å². The standard InChI is InChI=1S/C23H29N5O3/c1-5-6-8-17-9-11-18(12-10-17)27-15(2)16(3)28-19-20(24-22(27)28)25(4)23(31)26(21(19)30)13-7-14-29/h9-12,29H,5-8,13-14H2,1-4H3. The van der Waals surface area contributed by atoms with Gasteiger partial charge < -0.3 is 5.11 Å². The van der Waals surface area contributed by atoms with E-state index < -0.39 is 5.69 Å². The van der Waals surface area contributed by atoms with Gasteiger partial charge in [0.1, 0.15) is 0 Å². The van der Waals surface area contributed by atoms with Crippen LogP contribution in [0.1, 0.15) is 43.1 Å². The zero-order valence-electron chi connectivity index (χ0n) is 18.6. The molecule has 0 radical (unpaired) electrons. The van der Waals surface area contributed by atoms with E-state index in [-0.39, 0.29) is 18.7 Å². The number of aliphatic hydroxyl groups is 1. The summed E-state index contributed by atoms with van der Waals surface area (Å²) >= 11 is 0. The lowest BCUT2D eigenvalue weighted by molar-refractivity contribution is 0.277. The molecule has 0 fully saturated rings. The van der Waals surface area contributed by atoms with E-state index in [0.29, 0.717) is 23.4 Å². The number of benzene rings is 1. The van der Waals surface area contributed by atoms with E-state index in [2.05, 4.69) is 31.2 Å². The molecule has 31 heavy (non-hydrogen) atoms. The topological polar surface area (TPSA) is 86.5 Å². The highest BCUT2D eigenvalue weighted by Crippen LogP contribution is 2.25. The van der Waals surface area contributed by atoms with Crippen LogP contribution >= 0.6 is 0 Å². The molecule has 0 aliphatic rings. The van der Waals surface area contributed by atoms with Gasteiger partial charge in [0.05, 0.1) is 0 Å². The summed E-state index contributed by atoms with van der Waals surface area (Å²) in [6, 6.07) is 8.43. The van der Waals surface area contributed by atoms with Crippen LogP contribution in [-0.2, 0) is 20.0 Å². The fraction of sp³-hybridized carbons (Fsp3) is 0.435. The van der Waals surface area contributed by atoms with Crippen molar-refractivity contribution in [1.82, 2.24) is 23.1 Å². The van der Waals surface area contributed by atoms with Crippen LogP contribution in [0, 0.1) is 13.8 Å². The molecular formula is C23H29N5O3. The summed E-state index contributed by atoms with van der Waals surface area (Å²) in [7, 11) is 1.63. The minimum atomic E-state index is -0.423. The molecule has 0 saturated carbocycles. The molecule has 1 N–H and O–H groups in total. The molecule has 0 atom stereocenters. The van der Waals surface area contributed by atoms with Crippen molar-refractivity contribution in [2.75, 3.05) is 6.61 Å². The first-order valence-corrected chi connectivity index (χ1v) is 10.8. The summed E-state index contributed by atoms with van der Waals surface area (Å²) in [5, 5.41) is 9.16. The lowest BCUT2D eigenvalue weighted by Crippen LogP contribution is -2.39. The monoisotopic (exact) mass is 423 g/mol. The molecule has 4 aromatic rings. The van der Waals surface area contributed by atoms with E-state index in [4.69, 9.17) is 10.1 Å². The average Bonchev–Trinajstić information content (AvgIpc) is 3.27. The average molecular weight is 424 g/mol. The van der Waals surface area contributed by atoms with E-state index in [9.17, 15) is 9.59 Å². The zero-order chi connectivity index (χ0) is 22.3. The smallest absolute Gasteiger partial charge is 0.332 e. The number of imidazole rings is 2. The molecule has 0 spiro atoms. The van der Waals surface area contributed by atoms with Crippen molar-refractivity contribution < 1.29 is 5.11 Å². The van der Waals surface area contributed by atoms with Gasteiger partial charge in [-0.3, -0.25) is 22.9 Å². The van der Waals surface area contributed by atoms with Crippen LogP contribution in [0.5, 0.6) is 0 Å². The maximum atomic E-state index is 13.2. The molecule has 3 heterocycles. The van der Waals surface area contributed by atoms with E-state index in [0.717, 1.165) is 36.3 Å². The normalized spacial score (nSPS) is 11.8. The van der Waals surface area contributed by atoms with Gasteiger partial charge in [-0.15, -0.1) is 0 Å². The van der Waals surface area contributed by atoms with E-state index in [1.165, 1.54) is 14.7 Å². The predicted molar refractivity (Wildman–Crippen MR) is 121 cm³/mol. The second kappa shape index (κ2) is 8.19. The Kier molecular flexibility index (Phi) is 5.58. The van der Waals surface area contributed by atoms with Crippen LogP contribution in [0.25, 0.3) is 22.6 Å². The maximum absolute atomic E-state index is 13.2.